The summed E-state index contributed by atoms with van der Waals surface area (Å²) >= 11 is 3.68. The Morgan fingerprint density at radius 2 is 0.804 bits per heavy atom. The zero-order valence-electron chi connectivity index (χ0n) is 30.0. The van der Waals surface area contributed by atoms with Gasteiger partial charge in [0.25, 0.3) is 0 Å². The lowest BCUT2D eigenvalue weighted by Crippen LogP contribution is -1.99. The molecule has 0 spiro atoms. The minimum atomic E-state index is 0.720. The van der Waals surface area contributed by atoms with Crippen LogP contribution in [0.25, 0.3) is 118 Å². The predicted octanol–water partition coefficient (Wildman–Crippen LogP) is 15.3. The third kappa shape index (κ3) is 4.80. The molecule has 12 aromatic rings. The van der Waals surface area contributed by atoms with E-state index in [-0.39, 0.29) is 0 Å². The van der Waals surface area contributed by atoms with E-state index < -0.39 is 0 Å². The van der Waals surface area contributed by atoms with Crippen molar-refractivity contribution in [1.29, 1.82) is 0 Å². The average molecular weight is 747 g/mol. The summed E-state index contributed by atoms with van der Waals surface area (Å²) in [6, 6.07) is 66.0. The van der Waals surface area contributed by atoms with Crippen LogP contribution in [0.3, 0.4) is 0 Å². The molecule has 0 amide bonds. The number of rotatable bonds is 4. The van der Waals surface area contributed by atoms with Gasteiger partial charge in [-0.2, -0.15) is 0 Å². The number of hydrogen-bond acceptors (Lipinski definition) is 4. The molecule has 0 saturated carbocycles. The monoisotopic (exact) mass is 746 g/mol. The topological polar surface area (TPSA) is 25.8 Å². The lowest BCUT2D eigenvalue weighted by atomic mass is 9.88. The van der Waals surface area contributed by atoms with Crippen LogP contribution in [0.15, 0.2) is 182 Å². The second kappa shape index (κ2) is 12.4. The van der Waals surface area contributed by atoms with Crippen molar-refractivity contribution in [3.63, 3.8) is 0 Å². The minimum Gasteiger partial charge on any atom is -0.228 e. The van der Waals surface area contributed by atoms with Crippen molar-refractivity contribution in [1.82, 2.24) is 9.97 Å². The summed E-state index contributed by atoms with van der Waals surface area (Å²) in [5.74, 6) is 0.720. The van der Waals surface area contributed by atoms with Crippen LogP contribution in [0.4, 0.5) is 0 Å². The van der Waals surface area contributed by atoms with Crippen molar-refractivity contribution in [2.24, 2.45) is 0 Å². The lowest BCUT2D eigenvalue weighted by molar-refractivity contribution is 1.19. The first-order chi connectivity index (χ1) is 27.8. The van der Waals surface area contributed by atoms with E-state index in [9.17, 15) is 0 Å². The Kier molecular flexibility index (Phi) is 7.00. The number of nitrogens with zero attached hydrogens (tertiary/aromatic N) is 2. The summed E-state index contributed by atoms with van der Waals surface area (Å²) in [7, 11) is 0. The quantitative estimate of drug-likeness (QED) is 0.168. The van der Waals surface area contributed by atoms with Gasteiger partial charge < -0.3 is 0 Å². The summed E-state index contributed by atoms with van der Waals surface area (Å²) in [4.78, 5) is 11.2. The Labute approximate surface area is 330 Å². The van der Waals surface area contributed by atoms with Crippen molar-refractivity contribution < 1.29 is 0 Å². The fraction of sp³-hybridized carbons (Fsp3) is 0. The van der Waals surface area contributed by atoms with Crippen molar-refractivity contribution in [3.8, 4) is 45.0 Å². The van der Waals surface area contributed by atoms with Crippen LogP contribution in [0.5, 0.6) is 0 Å². The number of benzene rings is 9. The van der Waals surface area contributed by atoms with E-state index in [1.807, 2.05) is 22.7 Å². The van der Waals surface area contributed by atoms with Gasteiger partial charge in [0, 0.05) is 57.0 Å². The fourth-order valence-corrected chi connectivity index (χ4v) is 11.2. The molecule has 0 aliphatic carbocycles. The molecule has 0 unspecified atom stereocenters. The lowest BCUT2D eigenvalue weighted by Gasteiger charge is -2.18. The molecule has 0 atom stereocenters. The van der Waals surface area contributed by atoms with E-state index in [0.29, 0.717) is 0 Å². The van der Waals surface area contributed by atoms with Crippen molar-refractivity contribution in [2.75, 3.05) is 0 Å². The molecule has 12 rings (SSSR count). The van der Waals surface area contributed by atoms with Gasteiger partial charge >= 0.3 is 0 Å². The van der Waals surface area contributed by atoms with Crippen LogP contribution in [-0.2, 0) is 0 Å². The Morgan fingerprint density at radius 1 is 0.304 bits per heavy atom. The molecule has 0 fully saturated rings. The molecule has 56 heavy (non-hydrogen) atoms. The first-order valence-corrected chi connectivity index (χ1v) is 20.5. The number of hydrogen-bond donors (Lipinski definition) is 0. The summed E-state index contributed by atoms with van der Waals surface area (Å²) in [5.41, 5.74) is 7.41. The van der Waals surface area contributed by atoms with E-state index in [2.05, 4.69) is 182 Å². The molecule has 0 radical (unpaired) electrons. The van der Waals surface area contributed by atoms with Crippen molar-refractivity contribution in [2.45, 2.75) is 0 Å². The summed E-state index contributed by atoms with van der Waals surface area (Å²) in [6.45, 7) is 0. The fourth-order valence-electron chi connectivity index (χ4n) is 8.75. The highest BCUT2D eigenvalue weighted by Crippen LogP contribution is 2.46. The van der Waals surface area contributed by atoms with Crippen LogP contribution in [-0.4, -0.2) is 9.97 Å². The third-order valence-electron chi connectivity index (χ3n) is 11.3. The second-order valence-electron chi connectivity index (χ2n) is 14.4. The molecule has 0 saturated heterocycles. The maximum absolute atomic E-state index is 5.62. The van der Waals surface area contributed by atoms with E-state index in [1.54, 1.807) is 0 Å². The Morgan fingerprint density at radius 3 is 1.45 bits per heavy atom. The molecule has 9 aromatic carbocycles. The van der Waals surface area contributed by atoms with Gasteiger partial charge in [-0.15, -0.1) is 22.7 Å². The largest absolute Gasteiger partial charge is 0.228 e. The molecule has 0 aliphatic heterocycles. The van der Waals surface area contributed by atoms with Gasteiger partial charge in [0.1, 0.15) is 0 Å². The molecule has 2 nitrogen and oxygen atoms in total. The van der Waals surface area contributed by atoms with Crippen LogP contribution >= 0.6 is 22.7 Å². The molecular formula is C52H30N2S2. The van der Waals surface area contributed by atoms with Gasteiger partial charge in [0.15, 0.2) is 5.82 Å². The molecule has 0 aliphatic rings. The normalized spacial score (nSPS) is 11.9. The highest BCUT2D eigenvalue weighted by Gasteiger charge is 2.22. The van der Waals surface area contributed by atoms with E-state index in [0.717, 1.165) is 50.2 Å². The maximum atomic E-state index is 5.62. The van der Waals surface area contributed by atoms with Crippen LogP contribution in [0.1, 0.15) is 0 Å². The summed E-state index contributed by atoms with van der Waals surface area (Å²) in [5, 5.41) is 12.3. The van der Waals surface area contributed by atoms with Gasteiger partial charge in [0.05, 0.1) is 11.4 Å². The molecule has 0 N–H and O–H groups in total. The minimum absolute atomic E-state index is 0.720. The molecule has 3 heterocycles. The number of aromatic nitrogens is 2. The highest BCUT2D eigenvalue weighted by atomic mass is 32.1. The number of fused-ring (bicyclic) bond motifs is 10. The van der Waals surface area contributed by atoms with Gasteiger partial charge in [-0.1, -0.05) is 158 Å². The molecule has 3 aromatic heterocycles. The highest BCUT2D eigenvalue weighted by molar-refractivity contribution is 7.26. The third-order valence-corrected chi connectivity index (χ3v) is 13.7. The Hall–Kier alpha value is -6.72. The standard InChI is InChI=1S/C52H30N2S2/c1-4-16-34-31(13-1)27-28-39(44-29-32-14-2-3-15-33(32)35-17-5-6-18-36(35)44)49(34)52-53-45(42-23-11-21-40-37-19-7-9-25-47(37)55-50(40)42)30-46(54-52)43-24-12-22-41-38-20-8-10-26-48(38)56-51(41)43/h1-30H. The van der Waals surface area contributed by atoms with Gasteiger partial charge in [-0.3, -0.25) is 0 Å². The molecule has 0 bridgehead atoms. The second-order valence-corrected chi connectivity index (χ2v) is 16.5. The van der Waals surface area contributed by atoms with E-state index in [1.165, 1.54) is 67.5 Å². The molecule has 4 heteroatoms. The molecule has 260 valence electrons. The number of thiophene rings is 2. The SMILES string of the molecule is c1ccc2c(-c3nc(-c4cccc5c4sc4ccccc45)cc(-c4cccc5c4sc4ccccc45)n3)c(-c3cc4ccccc4c4ccccc34)ccc2c1. The first kappa shape index (κ1) is 31.6. The Bertz CT molecular complexity index is 3420. The van der Waals surface area contributed by atoms with Crippen molar-refractivity contribution >= 4 is 95.3 Å². The summed E-state index contributed by atoms with van der Waals surface area (Å²) < 4.78 is 5.03. The predicted molar refractivity (Wildman–Crippen MR) is 242 cm³/mol. The smallest absolute Gasteiger partial charge is 0.161 e. The zero-order chi connectivity index (χ0) is 36.7. The summed E-state index contributed by atoms with van der Waals surface area (Å²) in [6.07, 6.45) is 0. The first-order valence-electron chi connectivity index (χ1n) is 18.9. The zero-order valence-corrected chi connectivity index (χ0v) is 31.7. The van der Waals surface area contributed by atoms with Gasteiger partial charge in [0.2, 0.25) is 0 Å². The van der Waals surface area contributed by atoms with E-state index in [4.69, 9.17) is 9.97 Å². The van der Waals surface area contributed by atoms with E-state index >= 15 is 0 Å². The van der Waals surface area contributed by atoms with Gasteiger partial charge in [-0.25, -0.2) is 9.97 Å². The van der Waals surface area contributed by atoms with Crippen molar-refractivity contribution in [3.05, 3.63) is 182 Å². The van der Waals surface area contributed by atoms with Crippen LogP contribution in [0, 0.1) is 0 Å². The van der Waals surface area contributed by atoms with Crippen LogP contribution in [0.2, 0.25) is 0 Å². The van der Waals surface area contributed by atoms with Gasteiger partial charge in [-0.05, 0) is 67.7 Å². The maximum Gasteiger partial charge on any atom is 0.161 e. The molecular weight excluding hydrogens is 717 g/mol. The van der Waals surface area contributed by atoms with Crippen LogP contribution < -0.4 is 0 Å². The Balaban J connectivity index is 1.21. The average Bonchev–Trinajstić information content (AvgIpc) is 3.84.